The molecule has 24 heavy (non-hydrogen) atoms. The Morgan fingerprint density at radius 2 is 1.88 bits per heavy atom. The Morgan fingerprint density at radius 3 is 2.50 bits per heavy atom. The first kappa shape index (κ1) is 18.5. The molecule has 1 saturated heterocycles. The topological polar surface area (TPSA) is 77.8 Å². The zero-order valence-electron chi connectivity index (χ0n) is 14.8. The monoisotopic (exact) mass is 336 g/mol. The fraction of sp³-hybridized carbons (Fsp3) is 0.647. The minimum atomic E-state index is -0.981. The van der Waals surface area contributed by atoms with E-state index in [9.17, 15) is 14.7 Å². The van der Waals surface area contributed by atoms with Gasteiger partial charge in [-0.1, -0.05) is 0 Å². The number of carbonyl (C=O) groups excluding carboxylic acids is 1. The average molecular weight is 336 g/mol. The Bertz CT molecular complexity index is 589. The summed E-state index contributed by atoms with van der Waals surface area (Å²) >= 11 is 0. The van der Waals surface area contributed by atoms with Crippen LogP contribution in [0.1, 0.15) is 28.0 Å². The van der Waals surface area contributed by atoms with E-state index in [4.69, 9.17) is 0 Å². The number of likely N-dealkylation sites (N-methyl/N-ethyl adjacent to an activating group) is 1. The van der Waals surface area contributed by atoms with Crippen LogP contribution in [0.15, 0.2) is 6.20 Å². The molecule has 0 radical (unpaired) electrons. The number of nitrogens with zero attached hydrogens (tertiary/aromatic N) is 3. The second kappa shape index (κ2) is 8.30. The van der Waals surface area contributed by atoms with Gasteiger partial charge >= 0.3 is 5.97 Å². The van der Waals surface area contributed by atoms with Gasteiger partial charge in [-0.05, 0) is 32.5 Å². The Labute approximate surface area is 143 Å². The van der Waals surface area contributed by atoms with Crippen LogP contribution in [-0.4, -0.2) is 77.7 Å². The second-order valence-corrected chi connectivity index (χ2v) is 6.58. The van der Waals surface area contributed by atoms with Crippen molar-refractivity contribution in [2.45, 2.75) is 19.8 Å². The largest absolute Gasteiger partial charge is 0.478 e. The van der Waals surface area contributed by atoms with Gasteiger partial charge in [0.05, 0.1) is 12.0 Å². The van der Waals surface area contributed by atoms with E-state index in [2.05, 4.69) is 22.2 Å². The van der Waals surface area contributed by atoms with Crippen molar-refractivity contribution in [1.82, 2.24) is 19.7 Å². The van der Waals surface area contributed by atoms with Gasteiger partial charge in [0.2, 0.25) is 5.91 Å². The highest BCUT2D eigenvalue weighted by Crippen LogP contribution is 2.16. The van der Waals surface area contributed by atoms with E-state index in [0.717, 1.165) is 39.1 Å². The average Bonchev–Trinajstić information content (AvgIpc) is 2.79. The van der Waals surface area contributed by atoms with Crippen molar-refractivity contribution in [2.75, 3.05) is 46.3 Å². The molecule has 1 fully saturated rings. The van der Waals surface area contributed by atoms with Crippen molar-refractivity contribution in [2.24, 2.45) is 7.05 Å². The molecule has 0 aromatic carbocycles. The van der Waals surface area contributed by atoms with Crippen LogP contribution in [0.5, 0.6) is 0 Å². The molecule has 7 heteroatoms. The zero-order valence-corrected chi connectivity index (χ0v) is 14.8. The highest BCUT2D eigenvalue weighted by Gasteiger charge is 2.20. The summed E-state index contributed by atoms with van der Waals surface area (Å²) in [4.78, 5) is 28.2. The quantitative estimate of drug-likeness (QED) is 0.702. The first-order chi connectivity index (χ1) is 11.4. The normalized spacial score (nSPS) is 16.3. The maximum Gasteiger partial charge on any atom is 0.337 e. The zero-order chi connectivity index (χ0) is 17.7. The van der Waals surface area contributed by atoms with Gasteiger partial charge in [-0.2, -0.15) is 0 Å². The summed E-state index contributed by atoms with van der Waals surface area (Å²) in [6.45, 7) is 7.70. The van der Waals surface area contributed by atoms with Crippen molar-refractivity contribution < 1.29 is 14.7 Å². The molecule has 0 atom stereocenters. The van der Waals surface area contributed by atoms with Crippen molar-refractivity contribution >= 4 is 11.9 Å². The molecule has 0 aliphatic carbocycles. The fourth-order valence-electron chi connectivity index (χ4n) is 3.16. The number of rotatable bonds is 7. The first-order valence-corrected chi connectivity index (χ1v) is 8.44. The molecular weight excluding hydrogens is 308 g/mol. The van der Waals surface area contributed by atoms with E-state index < -0.39 is 5.97 Å². The van der Waals surface area contributed by atoms with E-state index in [1.807, 2.05) is 0 Å². The molecule has 1 aromatic rings. The van der Waals surface area contributed by atoms with E-state index in [-0.39, 0.29) is 17.9 Å². The minimum absolute atomic E-state index is 0.0977. The minimum Gasteiger partial charge on any atom is -0.478 e. The van der Waals surface area contributed by atoms with Crippen LogP contribution < -0.4 is 5.32 Å². The summed E-state index contributed by atoms with van der Waals surface area (Å²) in [5.74, 6) is -1.11. The molecule has 1 aliphatic rings. The summed E-state index contributed by atoms with van der Waals surface area (Å²) in [7, 11) is 3.91. The molecule has 2 N–H and O–H groups in total. The van der Waals surface area contributed by atoms with E-state index >= 15 is 0 Å². The summed E-state index contributed by atoms with van der Waals surface area (Å²) in [6.07, 6.45) is 2.76. The van der Waals surface area contributed by atoms with Gasteiger partial charge in [-0.15, -0.1) is 0 Å². The van der Waals surface area contributed by atoms with Crippen LogP contribution >= 0.6 is 0 Å². The van der Waals surface area contributed by atoms with Crippen molar-refractivity contribution in [3.8, 4) is 0 Å². The standard InChI is InChI=1S/C17H28N4O3/c1-13-12-20(3)14(16(13)17(23)24)11-15(22)18-5-4-6-21-9-7-19(2)8-10-21/h12H,4-11H2,1-3H3,(H,18,22)(H,23,24). The molecule has 2 rings (SSSR count). The van der Waals surface area contributed by atoms with Crippen LogP contribution in [0.2, 0.25) is 0 Å². The van der Waals surface area contributed by atoms with Crippen LogP contribution in [0.4, 0.5) is 0 Å². The maximum atomic E-state index is 12.1. The van der Waals surface area contributed by atoms with Crippen molar-refractivity contribution in [3.63, 3.8) is 0 Å². The molecule has 0 saturated carbocycles. The first-order valence-electron chi connectivity index (χ1n) is 8.44. The lowest BCUT2D eigenvalue weighted by Crippen LogP contribution is -2.45. The molecule has 7 nitrogen and oxygen atoms in total. The third-order valence-electron chi connectivity index (χ3n) is 4.61. The number of carboxylic acids is 1. The van der Waals surface area contributed by atoms with Gasteiger partial charge < -0.3 is 24.8 Å². The molecule has 0 spiro atoms. The lowest BCUT2D eigenvalue weighted by molar-refractivity contribution is -0.120. The third kappa shape index (κ3) is 4.82. The highest BCUT2D eigenvalue weighted by molar-refractivity contribution is 5.92. The number of nitrogens with one attached hydrogen (secondary N) is 1. The SMILES string of the molecule is Cc1cn(C)c(CC(=O)NCCCN2CCN(C)CC2)c1C(=O)O. The molecule has 0 unspecified atom stereocenters. The Hall–Kier alpha value is -1.86. The molecule has 1 aromatic heterocycles. The smallest absolute Gasteiger partial charge is 0.337 e. The van der Waals surface area contributed by atoms with Gasteiger partial charge in [-0.3, -0.25) is 4.79 Å². The summed E-state index contributed by atoms with van der Waals surface area (Å²) in [5.41, 5.74) is 1.48. The number of carbonyl (C=O) groups is 2. The van der Waals surface area contributed by atoms with Gasteiger partial charge in [0.15, 0.2) is 0 Å². The van der Waals surface area contributed by atoms with Crippen LogP contribution in [-0.2, 0) is 18.3 Å². The number of hydrogen-bond donors (Lipinski definition) is 2. The van der Waals surface area contributed by atoms with Gasteiger partial charge in [-0.25, -0.2) is 4.79 Å². The summed E-state index contributed by atoms with van der Waals surface area (Å²) in [6, 6.07) is 0. The molecule has 0 bridgehead atoms. The molecular formula is C17H28N4O3. The number of hydrogen-bond acceptors (Lipinski definition) is 4. The fourth-order valence-corrected chi connectivity index (χ4v) is 3.16. The predicted molar refractivity (Wildman–Crippen MR) is 92.4 cm³/mol. The van der Waals surface area contributed by atoms with E-state index in [1.165, 1.54) is 0 Å². The summed E-state index contributed by atoms with van der Waals surface area (Å²) < 4.78 is 1.72. The van der Waals surface area contributed by atoms with Crippen LogP contribution in [0.25, 0.3) is 0 Å². The third-order valence-corrected chi connectivity index (χ3v) is 4.61. The number of aromatic carboxylic acids is 1. The maximum absolute atomic E-state index is 12.1. The van der Waals surface area contributed by atoms with Gasteiger partial charge in [0.25, 0.3) is 0 Å². The number of aromatic nitrogens is 1. The highest BCUT2D eigenvalue weighted by atomic mass is 16.4. The molecule has 1 amide bonds. The number of amides is 1. The van der Waals surface area contributed by atoms with Gasteiger partial charge in [0.1, 0.15) is 0 Å². The summed E-state index contributed by atoms with van der Waals surface area (Å²) in [5, 5.41) is 12.2. The molecule has 2 heterocycles. The van der Waals surface area contributed by atoms with Crippen LogP contribution in [0.3, 0.4) is 0 Å². The molecule has 134 valence electrons. The second-order valence-electron chi connectivity index (χ2n) is 6.58. The Kier molecular flexibility index (Phi) is 6.39. The van der Waals surface area contributed by atoms with Crippen LogP contribution in [0, 0.1) is 6.92 Å². The number of aryl methyl sites for hydroxylation is 2. The van der Waals surface area contributed by atoms with E-state index in [1.54, 1.807) is 24.7 Å². The van der Waals surface area contributed by atoms with Crippen molar-refractivity contribution in [3.05, 3.63) is 23.0 Å². The number of carboxylic acid groups (broad SMARTS) is 1. The van der Waals surface area contributed by atoms with E-state index in [0.29, 0.717) is 17.8 Å². The Morgan fingerprint density at radius 1 is 1.21 bits per heavy atom. The lowest BCUT2D eigenvalue weighted by Gasteiger charge is -2.32. The van der Waals surface area contributed by atoms with Gasteiger partial charge in [0, 0.05) is 51.7 Å². The number of piperazine rings is 1. The van der Waals surface area contributed by atoms with Crippen molar-refractivity contribution in [1.29, 1.82) is 0 Å². The lowest BCUT2D eigenvalue weighted by atomic mass is 10.1. The predicted octanol–water partition coefficient (Wildman–Crippen LogP) is 0.328. The molecule has 1 aliphatic heterocycles. The Balaban J connectivity index is 1.75.